The summed E-state index contributed by atoms with van der Waals surface area (Å²) >= 11 is 2.26. The number of para-hydroxylation sites is 2. The molecule has 0 saturated carbocycles. The second-order valence-electron chi connectivity index (χ2n) is 9.91. The zero-order chi connectivity index (χ0) is 28.0. The van der Waals surface area contributed by atoms with E-state index < -0.39 is 17.1 Å². The van der Waals surface area contributed by atoms with E-state index in [4.69, 9.17) is 0 Å². The number of thiazole rings is 1. The molecule has 3 aromatic carbocycles. The van der Waals surface area contributed by atoms with Crippen molar-refractivity contribution in [3.05, 3.63) is 105 Å². The molecule has 0 radical (unpaired) electrons. The normalized spacial score (nSPS) is 19.8. The quantitative estimate of drug-likeness (QED) is 0.346. The molecule has 2 aliphatic rings. The highest BCUT2D eigenvalue weighted by Gasteiger charge is 2.56. The van der Waals surface area contributed by atoms with Crippen molar-refractivity contribution >= 4 is 57.9 Å². The fourth-order valence-electron chi connectivity index (χ4n) is 5.29. The number of hydrogen-bond donors (Lipinski definition) is 1. The Balaban J connectivity index is 1.42. The second kappa shape index (κ2) is 10.4. The van der Waals surface area contributed by atoms with Gasteiger partial charge in [-0.25, -0.2) is 4.90 Å². The Morgan fingerprint density at radius 3 is 2.17 bits per heavy atom. The van der Waals surface area contributed by atoms with Crippen LogP contribution in [0.4, 0.5) is 17.1 Å². The van der Waals surface area contributed by atoms with Gasteiger partial charge in [-0.2, -0.15) is 0 Å². The molecule has 0 aliphatic carbocycles. The molecule has 0 spiro atoms. The molecule has 2 unspecified atom stereocenters. The second-order valence-corrected chi connectivity index (χ2v) is 12.0. The molecule has 8 nitrogen and oxygen atoms in total. The highest BCUT2D eigenvalue weighted by molar-refractivity contribution is 8.00. The molecule has 0 bridgehead atoms. The largest absolute Gasteiger partial charge is 0.378 e. The minimum atomic E-state index is -0.726. The number of imide groups is 1. The van der Waals surface area contributed by atoms with Crippen molar-refractivity contribution in [1.82, 2.24) is 4.57 Å². The highest BCUT2D eigenvalue weighted by Crippen LogP contribution is 2.54. The minimum absolute atomic E-state index is 0.194. The van der Waals surface area contributed by atoms with E-state index in [9.17, 15) is 19.2 Å². The predicted octanol–water partition coefficient (Wildman–Crippen LogP) is 4.41. The summed E-state index contributed by atoms with van der Waals surface area (Å²) in [4.78, 5) is 57.6. The Hall–Kier alpha value is -4.15. The van der Waals surface area contributed by atoms with Crippen LogP contribution in [0, 0.1) is 5.92 Å². The summed E-state index contributed by atoms with van der Waals surface area (Å²) in [5.41, 5.74) is 3.00. The highest BCUT2D eigenvalue weighted by atomic mass is 32.2. The molecule has 2 aliphatic heterocycles. The summed E-state index contributed by atoms with van der Waals surface area (Å²) in [6, 6.07) is 25.8. The van der Waals surface area contributed by atoms with Crippen molar-refractivity contribution in [1.29, 1.82) is 0 Å². The van der Waals surface area contributed by atoms with Gasteiger partial charge in [-0.05, 0) is 42.0 Å². The number of rotatable bonds is 6. The van der Waals surface area contributed by atoms with Gasteiger partial charge < -0.3 is 10.2 Å². The lowest BCUT2D eigenvalue weighted by molar-refractivity contribution is -0.122. The van der Waals surface area contributed by atoms with Gasteiger partial charge in [-0.3, -0.25) is 23.7 Å². The standard InChI is InChI=1S/C30H26N4O4S2/c1-32(2)20-15-13-18(14-16-20)23-24-25(28(37)34(27(24)36)21-11-7-4-8-12-21)39-29-26(23)40-30(38)33(29)17-22(35)31-19-9-5-3-6-10-19/h3-16,23-25H,17H2,1-2H3,(H,31,35)/t23-,24?,25?/m1/s1. The first-order chi connectivity index (χ1) is 19.3. The number of nitrogens with one attached hydrogen (secondary N) is 1. The summed E-state index contributed by atoms with van der Waals surface area (Å²) in [5.74, 6) is -2.12. The zero-order valence-electron chi connectivity index (χ0n) is 21.8. The van der Waals surface area contributed by atoms with Crippen molar-refractivity contribution in [3.63, 3.8) is 0 Å². The van der Waals surface area contributed by atoms with Crippen molar-refractivity contribution in [2.24, 2.45) is 5.92 Å². The van der Waals surface area contributed by atoms with E-state index in [1.54, 1.807) is 36.4 Å². The van der Waals surface area contributed by atoms with Crippen molar-refractivity contribution in [2.45, 2.75) is 22.7 Å². The van der Waals surface area contributed by atoms with E-state index in [2.05, 4.69) is 5.32 Å². The van der Waals surface area contributed by atoms with Gasteiger partial charge in [0.05, 0.1) is 16.6 Å². The fourth-order valence-corrected chi connectivity index (χ4v) is 8.06. The Morgan fingerprint density at radius 2 is 1.52 bits per heavy atom. The molecule has 10 heteroatoms. The number of fused-ring (bicyclic) bond motifs is 2. The van der Waals surface area contributed by atoms with Gasteiger partial charge >= 0.3 is 4.87 Å². The molecule has 4 aromatic rings. The molecular formula is C30H26N4O4S2. The summed E-state index contributed by atoms with van der Waals surface area (Å²) in [7, 11) is 3.90. The van der Waals surface area contributed by atoms with E-state index >= 15 is 0 Å². The maximum Gasteiger partial charge on any atom is 0.308 e. The first-order valence-electron chi connectivity index (χ1n) is 12.8. The average Bonchev–Trinajstić information content (AvgIpc) is 3.40. The summed E-state index contributed by atoms with van der Waals surface area (Å²) in [6.45, 7) is -0.194. The lowest BCUT2D eigenvalue weighted by Crippen LogP contribution is -2.33. The van der Waals surface area contributed by atoms with Crippen molar-refractivity contribution in [3.8, 4) is 0 Å². The Labute approximate surface area is 239 Å². The van der Waals surface area contributed by atoms with Crippen LogP contribution in [0.3, 0.4) is 0 Å². The van der Waals surface area contributed by atoms with Crippen LogP contribution in [0.1, 0.15) is 16.4 Å². The monoisotopic (exact) mass is 570 g/mol. The Morgan fingerprint density at radius 1 is 0.875 bits per heavy atom. The van der Waals surface area contributed by atoms with Gasteiger partial charge in [-0.15, -0.1) is 0 Å². The predicted molar refractivity (Wildman–Crippen MR) is 158 cm³/mol. The molecule has 1 aromatic heterocycles. The van der Waals surface area contributed by atoms with Crippen LogP contribution < -0.4 is 20.0 Å². The SMILES string of the molecule is CN(C)c1ccc([C@H]2c3sc(=O)n(CC(=O)Nc4ccccc4)c3SC3C(=O)N(c4ccccc4)C(=O)C32)cc1. The molecule has 3 amide bonds. The van der Waals surface area contributed by atoms with E-state index in [1.165, 1.54) is 21.2 Å². The van der Waals surface area contributed by atoms with Gasteiger partial charge in [0.2, 0.25) is 17.7 Å². The molecule has 3 atom stereocenters. The third kappa shape index (κ3) is 4.52. The Bertz CT molecular complexity index is 1650. The molecular weight excluding hydrogens is 544 g/mol. The number of carbonyl (C=O) groups is 3. The molecule has 6 rings (SSSR count). The zero-order valence-corrected chi connectivity index (χ0v) is 23.4. The van der Waals surface area contributed by atoms with Crippen molar-refractivity contribution in [2.75, 3.05) is 29.2 Å². The third-order valence-corrected chi connectivity index (χ3v) is 9.80. The van der Waals surface area contributed by atoms with Crippen LogP contribution in [0.15, 0.2) is 94.7 Å². The van der Waals surface area contributed by atoms with Crippen LogP contribution in [-0.2, 0) is 20.9 Å². The number of nitrogens with zero attached hydrogens (tertiary/aromatic N) is 3. The minimum Gasteiger partial charge on any atom is -0.378 e. The topological polar surface area (TPSA) is 91.7 Å². The summed E-state index contributed by atoms with van der Waals surface area (Å²) in [6.07, 6.45) is 0. The van der Waals surface area contributed by atoms with Crippen LogP contribution in [-0.4, -0.2) is 41.6 Å². The van der Waals surface area contributed by atoms with Gasteiger partial charge in [-0.1, -0.05) is 71.6 Å². The number of thioether (sulfide) groups is 1. The van der Waals surface area contributed by atoms with Crippen LogP contribution in [0.2, 0.25) is 0 Å². The summed E-state index contributed by atoms with van der Waals surface area (Å²) in [5, 5.41) is 2.67. The molecule has 1 fully saturated rings. The maximum atomic E-state index is 13.9. The van der Waals surface area contributed by atoms with Gasteiger partial charge in [0, 0.05) is 36.3 Å². The lowest BCUT2D eigenvalue weighted by Gasteiger charge is -2.31. The molecule has 1 N–H and O–H groups in total. The number of carbonyl (C=O) groups excluding carboxylic acids is 3. The van der Waals surface area contributed by atoms with Crippen LogP contribution in [0.5, 0.6) is 0 Å². The average molecular weight is 571 g/mol. The van der Waals surface area contributed by atoms with E-state index in [1.807, 2.05) is 67.5 Å². The van der Waals surface area contributed by atoms with E-state index in [-0.39, 0.29) is 29.1 Å². The lowest BCUT2D eigenvalue weighted by atomic mass is 9.83. The first-order valence-corrected chi connectivity index (χ1v) is 14.5. The number of benzene rings is 3. The third-order valence-electron chi connectivity index (χ3n) is 7.19. The molecule has 202 valence electrons. The van der Waals surface area contributed by atoms with Gasteiger partial charge in [0.1, 0.15) is 11.8 Å². The number of aromatic nitrogens is 1. The van der Waals surface area contributed by atoms with Crippen LogP contribution in [0.25, 0.3) is 0 Å². The maximum absolute atomic E-state index is 13.9. The number of hydrogen-bond acceptors (Lipinski definition) is 7. The Kier molecular flexibility index (Phi) is 6.81. The molecule has 40 heavy (non-hydrogen) atoms. The van der Waals surface area contributed by atoms with Gasteiger partial charge in [0.15, 0.2) is 0 Å². The number of amides is 3. The molecule has 3 heterocycles. The first kappa shape index (κ1) is 26.1. The van der Waals surface area contributed by atoms with Crippen LogP contribution >= 0.6 is 23.1 Å². The fraction of sp³-hybridized carbons (Fsp3) is 0.200. The van der Waals surface area contributed by atoms with E-state index in [0.29, 0.717) is 21.3 Å². The van der Waals surface area contributed by atoms with Crippen molar-refractivity contribution < 1.29 is 14.4 Å². The summed E-state index contributed by atoms with van der Waals surface area (Å²) < 4.78 is 1.43. The smallest absolute Gasteiger partial charge is 0.308 e. The van der Waals surface area contributed by atoms with E-state index in [0.717, 1.165) is 22.6 Å². The van der Waals surface area contributed by atoms with Gasteiger partial charge in [0.25, 0.3) is 0 Å². The molecule has 1 saturated heterocycles. The number of anilines is 3.